The maximum atomic E-state index is 13.3. The Morgan fingerprint density at radius 2 is 2.06 bits per heavy atom. The SMILES string of the molecule is Cc1nc(-c2cc(S(=O)(=O)N3CCCC(C(=O)NCc4ccccc4)C3)c(C)s2)no1. The summed E-state index contributed by atoms with van der Waals surface area (Å²) >= 11 is 1.31. The topological polar surface area (TPSA) is 105 Å². The van der Waals surface area contributed by atoms with E-state index in [2.05, 4.69) is 15.5 Å². The highest BCUT2D eigenvalue weighted by molar-refractivity contribution is 7.89. The number of thiophene rings is 1. The Hall–Kier alpha value is -2.56. The van der Waals surface area contributed by atoms with E-state index in [1.807, 2.05) is 30.3 Å². The first-order valence-corrected chi connectivity index (χ1v) is 12.3. The van der Waals surface area contributed by atoms with Crippen molar-refractivity contribution in [1.82, 2.24) is 19.8 Å². The van der Waals surface area contributed by atoms with Gasteiger partial charge in [-0.2, -0.15) is 9.29 Å². The van der Waals surface area contributed by atoms with Crippen molar-refractivity contribution in [2.45, 2.75) is 38.1 Å². The summed E-state index contributed by atoms with van der Waals surface area (Å²) < 4.78 is 33.1. The fourth-order valence-electron chi connectivity index (χ4n) is 3.67. The zero-order valence-corrected chi connectivity index (χ0v) is 19.0. The van der Waals surface area contributed by atoms with Crippen LogP contribution in [0.5, 0.6) is 0 Å². The molecule has 4 rings (SSSR count). The molecule has 0 aliphatic carbocycles. The van der Waals surface area contributed by atoms with E-state index in [-0.39, 0.29) is 23.3 Å². The van der Waals surface area contributed by atoms with Crippen LogP contribution in [0, 0.1) is 19.8 Å². The van der Waals surface area contributed by atoms with Crippen LogP contribution in [0.1, 0.15) is 29.2 Å². The third kappa shape index (κ3) is 4.70. The third-order valence-electron chi connectivity index (χ3n) is 5.30. The molecule has 0 bridgehead atoms. The summed E-state index contributed by atoms with van der Waals surface area (Å²) in [6, 6.07) is 11.2. The molecule has 3 aromatic rings. The maximum absolute atomic E-state index is 13.3. The van der Waals surface area contributed by atoms with E-state index in [4.69, 9.17) is 4.52 Å². The van der Waals surface area contributed by atoms with Gasteiger partial charge in [-0.3, -0.25) is 4.79 Å². The Bertz CT molecular complexity index is 1170. The Labute approximate surface area is 185 Å². The van der Waals surface area contributed by atoms with E-state index in [1.165, 1.54) is 15.6 Å². The highest BCUT2D eigenvalue weighted by Gasteiger charge is 2.35. The van der Waals surface area contributed by atoms with Crippen LogP contribution >= 0.6 is 11.3 Å². The zero-order chi connectivity index (χ0) is 22.0. The molecule has 1 unspecified atom stereocenters. The first kappa shape index (κ1) is 21.7. The summed E-state index contributed by atoms with van der Waals surface area (Å²) in [5.41, 5.74) is 1.01. The van der Waals surface area contributed by atoms with Gasteiger partial charge in [-0.25, -0.2) is 8.42 Å². The Morgan fingerprint density at radius 1 is 1.29 bits per heavy atom. The van der Waals surface area contributed by atoms with Gasteiger partial charge in [0.2, 0.25) is 27.6 Å². The largest absolute Gasteiger partial charge is 0.352 e. The molecule has 1 aliphatic rings. The van der Waals surface area contributed by atoms with E-state index in [0.29, 0.717) is 47.4 Å². The number of nitrogens with zero attached hydrogens (tertiary/aromatic N) is 3. The number of carbonyl (C=O) groups is 1. The highest BCUT2D eigenvalue weighted by atomic mass is 32.2. The van der Waals surface area contributed by atoms with Crippen LogP contribution in [0.25, 0.3) is 10.7 Å². The number of nitrogens with one attached hydrogen (secondary N) is 1. The maximum Gasteiger partial charge on any atom is 0.244 e. The summed E-state index contributed by atoms with van der Waals surface area (Å²) in [4.78, 5) is 18.4. The van der Waals surface area contributed by atoms with Crippen molar-refractivity contribution in [3.8, 4) is 10.7 Å². The van der Waals surface area contributed by atoms with Crippen molar-refractivity contribution in [3.05, 3.63) is 52.7 Å². The van der Waals surface area contributed by atoms with Gasteiger partial charge in [0.05, 0.1) is 15.7 Å². The molecule has 1 atom stereocenters. The van der Waals surface area contributed by atoms with Crippen molar-refractivity contribution >= 4 is 27.3 Å². The average Bonchev–Trinajstić information content (AvgIpc) is 3.38. The van der Waals surface area contributed by atoms with Crippen molar-refractivity contribution in [2.24, 2.45) is 5.92 Å². The smallest absolute Gasteiger partial charge is 0.244 e. The van der Waals surface area contributed by atoms with Gasteiger partial charge in [0.15, 0.2) is 0 Å². The minimum Gasteiger partial charge on any atom is -0.352 e. The number of hydrogen-bond donors (Lipinski definition) is 1. The number of amides is 1. The summed E-state index contributed by atoms with van der Waals surface area (Å²) in [5.74, 6) is 0.314. The van der Waals surface area contributed by atoms with E-state index >= 15 is 0 Å². The molecule has 1 aromatic carbocycles. The minimum absolute atomic E-state index is 0.117. The van der Waals surface area contributed by atoms with Crippen molar-refractivity contribution < 1.29 is 17.7 Å². The molecular weight excluding hydrogens is 436 g/mol. The Morgan fingerprint density at radius 3 is 2.77 bits per heavy atom. The van der Waals surface area contributed by atoms with E-state index < -0.39 is 10.0 Å². The van der Waals surface area contributed by atoms with Gasteiger partial charge in [-0.15, -0.1) is 11.3 Å². The molecule has 8 nitrogen and oxygen atoms in total. The summed E-state index contributed by atoms with van der Waals surface area (Å²) in [5, 5.41) is 6.81. The molecule has 0 spiro atoms. The van der Waals surface area contributed by atoms with Crippen LogP contribution in [-0.4, -0.2) is 41.9 Å². The van der Waals surface area contributed by atoms with Gasteiger partial charge in [0, 0.05) is 31.4 Å². The lowest BCUT2D eigenvalue weighted by molar-refractivity contribution is -0.126. The Kier molecular flexibility index (Phi) is 6.22. The second kappa shape index (κ2) is 8.89. The van der Waals surface area contributed by atoms with Crippen molar-refractivity contribution in [1.29, 1.82) is 0 Å². The first-order valence-electron chi connectivity index (χ1n) is 10.1. The van der Waals surface area contributed by atoms with E-state index in [9.17, 15) is 13.2 Å². The minimum atomic E-state index is -3.73. The number of hydrogen-bond acceptors (Lipinski definition) is 7. The van der Waals surface area contributed by atoms with Crippen LogP contribution in [0.3, 0.4) is 0 Å². The van der Waals surface area contributed by atoms with E-state index in [0.717, 1.165) is 5.56 Å². The van der Waals surface area contributed by atoms with Gasteiger partial charge in [-0.1, -0.05) is 35.5 Å². The summed E-state index contributed by atoms with van der Waals surface area (Å²) in [7, 11) is -3.73. The fourth-order valence-corrected chi connectivity index (χ4v) is 6.68. The third-order valence-corrected chi connectivity index (χ3v) is 8.47. The Balaban J connectivity index is 1.47. The van der Waals surface area contributed by atoms with Gasteiger partial charge in [-0.05, 0) is 31.4 Å². The number of sulfonamides is 1. The van der Waals surface area contributed by atoms with Crippen LogP contribution in [-0.2, 0) is 21.4 Å². The monoisotopic (exact) mass is 460 g/mol. The van der Waals surface area contributed by atoms with Crippen LogP contribution in [0.15, 0.2) is 45.8 Å². The molecular formula is C21H24N4O4S2. The van der Waals surface area contributed by atoms with Gasteiger partial charge >= 0.3 is 0 Å². The number of rotatable bonds is 6. The molecule has 31 heavy (non-hydrogen) atoms. The summed E-state index contributed by atoms with van der Waals surface area (Å²) in [6.07, 6.45) is 1.31. The van der Waals surface area contributed by atoms with E-state index in [1.54, 1.807) is 19.9 Å². The lowest BCUT2D eigenvalue weighted by Crippen LogP contribution is -2.45. The number of benzene rings is 1. The predicted molar refractivity (Wildman–Crippen MR) is 117 cm³/mol. The predicted octanol–water partition coefficient (Wildman–Crippen LogP) is 3.13. The average molecular weight is 461 g/mol. The first-order chi connectivity index (χ1) is 14.8. The quantitative estimate of drug-likeness (QED) is 0.606. The lowest BCUT2D eigenvalue weighted by Gasteiger charge is -2.31. The number of aryl methyl sites for hydroxylation is 2. The fraction of sp³-hybridized carbons (Fsp3) is 0.381. The van der Waals surface area contributed by atoms with Crippen molar-refractivity contribution in [2.75, 3.05) is 13.1 Å². The highest BCUT2D eigenvalue weighted by Crippen LogP contribution is 2.34. The number of aromatic nitrogens is 2. The molecule has 10 heteroatoms. The number of carbonyl (C=O) groups excluding carboxylic acids is 1. The lowest BCUT2D eigenvalue weighted by atomic mass is 9.99. The van der Waals surface area contributed by atoms with Crippen LogP contribution in [0.4, 0.5) is 0 Å². The molecule has 2 aromatic heterocycles. The van der Waals surface area contributed by atoms with Crippen LogP contribution in [0.2, 0.25) is 0 Å². The second-order valence-corrected chi connectivity index (χ2v) is 10.7. The van der Waals surface area contributed by atoms with Gasteiger partial charge in [0.25, 0.3) is 0 Å². The molecule has 0 radical (unpaired) electrons. The summed E-state index contributed by atoms with van der Waals surface area (Å²) in [6.45, 7) is 4.46. The molecule has 1 amide bonds. The zero-order valence-electron chi connectivity index (χ0n) is 17.4. The van der Waals surface area contributed by atoms with Crippen molar-refractivity contribution in [3.63, 3.8) is 0 Å². The molecule has 1 N–H and O–H groups in total. The molecule has 0 saturated carbocycles. The number of piperidine rings is 1. The molecule has 164 valence electrons. The molecule has 1 fully saturated rings. The molecule has 1 saturated heterocycles. The molecule has 1 aliphatic heterocycles. The second-order valence-electron chi connectivity index (χ2n) is 7.57. The normalized spacial score (nSPS) is 17.5. The van der Waals surface area contributed by atoms with Crippen LogP contribution < -0.4 is 5.32 Å². The standard InChI is InChI=1S/C21H24N4O4S2/c1-14-19(11-18(30-14)20-23-15(2)29-24-20)31(27,28)25-10-6-9-17(13-25)21(26)22-12-16-7-4-3-5-8-16/h3-5,7-8,11,17H,6,9-10,12-13H2,1-2H3,(H,22,26). The van der Waals surface area contributed by atoms with Gasteiger partial charge < -0.3 is 9.84 Å². The molecule has 3 heterocycles. The van der Waals surface area contributed by atoms with Gasteiger partial charge in [0.1, 0.15) is 0 Å².